The fourth-order valence-electron chi connectivity index (χ4n) is 1.17. The minimum Gasteiger partial charge on any atom is -0.480 e. The summed E-state index contributed by atoms with van der Waals surface area (Å²) >= 11 is 1.36. The summed E-state index contributed by atoms with van der Waals surface area (Å²) in [4.78, 5) is 17.1. The Morgan fingerprint density at radius 2 is 2.29 bits per heavy atom. The number of hydrogen-bond donors (Lipinski definition) is 0. The molecule has 0 fully saturated rings. The molecule has 0 radical (unpaired) electrons. The molecular weight excluding hydrogens is 242 g/mol. The van der Waals surface area contributed by atoms with Gasteiger partial charge in [0.2, 0.25) is 11.6 Å². The molecule has 17 heavy (non-hydrogen) atoms. The van der Waals surface area contributed by atoms with E-state index in [1.807, 2.05) is 19.0 Å². The van der Waals surface area contributed by atoms with Crippen LogP contribution in [0.15, 0.2) is 5.70 Å². The van der Waals surface area contributed by atoms with Gasteiger partial charge in [0.25, 0.3) is 0 Å². The summed E-state index contributed by atoms with van der Waals surface area (Å²) in [6, 6.07) is 0. The van der Waals surface area contributed by atoms with E-state index < -0.39 is 0 Å². The molecule has 0 bridgehead atoms. The number of methoxy groups -OCH3 is 1. The molecule has 6 nitrogen and oxygen atoms in total. The van der Waals surface area contributed by atoms with Gasteiger partial charge in [0.05, 0.1) is 16.9 Å². The average Bonchev–Trinajstić information content (AvgIpc) is 2.68. The highest BCUT2D eigenvalue weighted by atomic mass is 32.1. The van der Waals surface area contributed by atoms with Gasteiger partial charge in [-0.3, -0.25) is 10.1 Å². The second-order valence-corrected chi connectivity index (χ2v) is 4.52. The zero-order chi connectivity index (χ0) is 13.0. The molecule has 1 aromatic heterocycles. The second kappa shape index (κ2) is 5.62. The van der Waals surface area contributed by atoms with Crippen LogP contribution in [0.1, 0.15) is 18.2 Å². The first-order valence-corrected chi connectivity index (χ1v) is 5.88. The summed E-state index contributed by atoms with van der Waals surface area (Å²) in [5.74, 6) is 0.423. The molecule has 94 valence electrons. The van der Waals surface area contributed by atoms with Crippen molar-refractivity contribution in [3.63, 3.8) is 0 Å². The fraction of sp³-hybridized carbons (Fsp3) is 0.500. The van der Waals surface area contributed by atoms with Gasteiger partial charge in [0.1, 0.15) is 0 Å². The lowest BCUT2D eigenvalue weighted by Crippen LogP contribution is -2.07. The van der Waals surface area contributed by atoms with Crippen molar-refractivity contribution in [1.82, 2.24) is 4.98 Å². The minimum absolute atomic E-state index is 0.150. The van der Waals surface area contributed by atoms with E-state index in [4.69, 9.17) is 4.74 Å². The molecule has 1 heterocycles. The monoisotopic (exact) mass is 257 g/mol. The van der Waals surface area contributed by atoms with Crippen LogP contribution in [0.2, 0.25) is 0 Å². The molecule has 0 aliphatic carbocycles. The number of nitrogens with zero attached hydrogens (tertiary/aromatic N) is 3. The van der Waals surface area contributed by atoms with Crippen LogP contribution in [-0.4, -0.2) is 31.1 Å². The van der Waals surface area contributed by atoms with E-state index in [2.05, 4.69) is 4.98 Å². The van der Waals surface area contributed by atoms with Gasteiger partial charge in [-0.15, -0.1) is 0 Å². The van der Waals surface area contributed by atoms with Gasteiger partial charge < -0.3 is 9.64 Å². The van der Waals surface area contributed by atoms with E-state index in [0.29, 0.717) is 17.2 Å². The fourth-order valence-corrected chi connectivity index (χ4v) is 2.09. The third kappa shape index (κ3) is 3.16. The third-order valence-corrected chi connectivity index (χ3v) is 3.23. The standard InChI is InChI=1S/C10H15N3O3S/c1-5-7(13(14)15)6-8-9(16-4)11-10(17-8)12(2)3/h6H,5H2,1-4H3. The quantitative estimate of drug-likeness (QED) is 0.597. The maximum Gasteiger partial charge on any atom is 0.247 e. The predicted molar refractivity (Wildman–Crippen MR) is 68.3 cm³/mol. The number of hydrogen-bond acceptors (Lipinski definition) is 6. The Bertz CT molecular complexity index is 440. The van der Waals surface area contributed by atoms with Gasteiger partial charge in [-0.2, -0.15) is 4.98 Å². The molecule has 7 heteroatoms. The third-order valence-electron chi connectivity index (χ3n) is 2.08. The van der Waals surface area contributed by atoms with Crippen molar-refractivity contribution >= 4 is 22.5 Å². The highest BCUT2D eigenvalue weighted by molar-refractivity contribution is 7.16. The van der Waals surface area contributed by atoms with Crippen LogP contribution in [0.25, 0.3) is 6.08 Å². The van der Waals surface area contributed by atoms with Crippen molar-refractivity contribution in [2.75, 3.05) is 26.1 Å². The molecule has 0 unspecified atom stereocenters. The average molecular weight is 257 g/mol. The molecule has 0 amide bonds. The molecule has 0 spiro atoms. The van der Waals surface area contributed by atoms with Crippen LogP contribution in [0.4, 0.5) is 5.13 Å². The SMILES string of the molecule is CCC(=Cc1sc(N(C)C)nc1OC)[N+](=O)[O-]. The molecule has 0 N–H and O–H groups in total. The number of thiazole rings is 1. The van der Waals surface area contributed by atoms with Crippen LogP contribution in [-0.2, 0) is 0 Å². The number of nitro groups is 1. The smallest absolute Gasteiger partial charge is 0.247 e. The van der Waals surface area contributed by atoms with Crippen LogP contribution in [0.5, 0.6) is 5.88 Å². The maximum atomic E-state index is 10.7. The van der Waals surface area contributed by atoms with Crippen molar-refractivity contribution in [3.05, 3.63) is 20.7 Å². The Balaban J connectivity index is 3.16. The van der Waals surface area contributed by atoms with Crippen LogP contribution >= 0.6 is 11.3 Å². The summed E-state index contributed by atoms with van der Waals surface area (Å²) in [7, 11) is 5.23. The van der Waals surface area contributed by atoms with Gasteiger partial charge in [-0.05, 0) is 0 Å². The van der Waals surface area contributed by atoms with E-state index >= 15 is 0 Å². The zero-order valence-corrected chi connectivity index (χ0v) is 11.1. The van der Waals surface area contributed by atoms with Crippen molar-refractivity contribution in [1.29, 1.82) is 0 Å². The summed E-state index contributed by atoms with van der Waals surface area (Å²) in [6.45, 7) is 1.75. The van der Waals surface area contributed by atoms with Crippen molar-refractivity contribution in [3.8, 4) is 5.88 Å². The number of rotatable bonds is 5. The van der Waals surface area contributed by atoms with Gasteiger partial charge in [-0.1, -0.05) is 18.3 Å². The largest absolute Gasteiger partial charge is 0.480 e. The number of allylic oxidation sites excluding steroid dienone is 1. The van der Waals surface area contributed by atoms with E-state index in [9.17, 15) is 10.1 Å². The molecule has 0 aromatic carbocycles. The Hall–Kier alpha value is -1.63. The predicted octanol–water partition coefficient (Wildman–Crippen LogP) is 2.25. The van der Waals surface area contributed by atoms with Crippen LogP contribution in [0.3, 0.4) is 0 Å². The van der Waals surface area contributed by atoms with Crippen LogP contribution < -0.4 is 9.64 Å². The van der Waals surface area contributed by atoms with E-state index in [1.54, 1.807) is 6.92 Å². The minimum atomic E-state index is -0.380. The van der Waals surface area contributed by atoms with Gasteiger partial charge in [-0.25, -0.2) is 0 Å². The molecular formula is C10H15N3O3S. The van der Waals surface area contributed by atoms with E-state index in [-0.39, 0.29) is 10.6 Å². The first kappa shape index (κ1) is 13.4. The summed E-state index contributed by atoms with van der Waals surface area (Å²) < 4.78 is 5.11. The van der Waals surface area contributed by atoms with Gasteiger partial charge in [0.15, 0.2) is 5.13 Å². The van der Waals surface area contributed by atoms with Crippen molar-refractivity contribution in [2.45, 2.75) is 13.3 Å². The zero-order valence-electron chi connectivity index (χ0n) is 10.3. The summed E-state index contributed by atoms with van der Waals surface area (Å²) in [5, 5.41) is 11.5. The topological polar surface area (TPSA) is 68.5 Å². The molecule has 0 saturated carbocycles. The van der Waals surface area contributed by atoms with E-state index in [1.165, 1.54) is 24.5 Å². The lowest BCUT2D eigenvalue weighted by Gasteiger charge is -2.04. The first-order chi connectivity index (χ1) is 7.99. The first-order valence-electron chi connectivity index (χ1n) is 5.06. The van der Waals surface area contributed by atoms with Gasteiger partial charge in [0, 0.05) is 26.6 Å². The van der Waals surface area contributed by atoms with Crippen LogP contribution in [0, 0.1) is 10.1 Å². The van der Waals surface area contributed by atoms with Crippen molar-refractivity contribution in [2.24, 2.45) is 0 Å². The summed E-state index contributed by atoms with van der Waals surface area (Å²) in [5.41, 5.74) is 0.150. The second-order valence-electron chi connectivity index (χ2n) is 3.51. The highest BCUT2D eigenvalue weighted by Gasteiger charge is 2.15. The van der Waals surface area contributed by atoms with Crippen molar-refractivity contribution < 1.29 is 9.66 Å². The number of ether oxygens (including phenoxy) is 1. The molecule has 0 aliphatic heterocycles. The molecule has 1 rings (SSSR count). The lowest BCUT2D eigenvalue weighted by molar-refractivity contribution is -0.425. The number of anilines is 1. The molecule has 1 aromatic rings. The number of aromatic nitrogens is 1. The van der Waals surface area contributed by atoms with Gasteiger partial charge >= 0.3 is 0 Å². The lowest BCUT2D eigenvalue weighted by atomic mass is 10.3. The molecule has 0 aliphatic rings. The van der Waals surface area contributed by atoms with E-state index in [0.717, 1.165) is 5.13 Å². The summed E-state index contributed by atoms with van der Waals surface area (Å²) in [6.07, 6.45) is 1.88. The Morgan fingerprint density at radius 1 is 1.65 bits per heavy atom. The Morgan fingerprint density at radius 3 is 2.71 bits per heavy atom. The maximum absolute atomic E-state index is 10.7. The molecule has 0 atom stereocenters. The highest BCUT2D eigenvalue weighted by Crippen LogP contribution is 2.32. The normalized spacial score (nSPS) is 11.4. The molecule has 0 saturated heterocycles. The Kier molecular flexibility index (Phi) is 4.45. The Labute approximate surface area is 104 Å².